The van der Waals surface area contributed by atoms with Gasteiger partial charge in [0.15, 0.2) is 0 Å². The lowest BCUT2D eigenvalue weighted by Crippen LogP contribution is -2.72. The van der Waals surface area contributed by atoms with Gasteiger partial charge in [0.1, 0.15) is 5.82 Å². The topological polar surface area (TPSA) is 43.8 Å². The van der Waals surface area contributed by atoms with Crippen molar-refractivity contribution in [3.05, 3.63) is 77.1 Å². The van der Waals surface area contributed by atoms with Crippen molar-refractivity contribution in [1.29, 1.82) is 0 Å². The van der Waals surface area contributed by atoms with Crippen molar-refractivity contribution in [3.63, 3.8) is 0 Å². The Morgan fingerprint density at radius 2 is 1.86 bits per heavy atom. The summed E-state index contributed by atoms with van der Waals surface area (Å²) in [5, 5.41) is 9.89. The Morgan fingerprint density at radius 1 is 1.14 bits per heavy atom. The number of fused-ring (bicyclic) bond motifs is 1. The molecule has 0 aliphatic carbocycles. The van der Waals surface area contributed by atoms with Gasteiger partial charge in [0, 0.05) is 19.0 Å². The maximum Gasteiger partial charge on any atom is 0.237 e. The van der Waals surface area contributed by atoms with E-state index in [2.05, 4.69) is 35.2 Å². The number of allylic oxidation sites excluding steroid dienone is 1. The third-order valence-corrected chi connectivity index (χ3v) is 5.82. The molecule has 3 atom stereocenters. The third kappa shape index (κ3) is 3.48. The molecule has 0 saturated carbocycles. The Kier molecular flexibility index (Phi) is 5.29. The molecule has 146 valence electrons. The highest BCUT2D eigenvalue weighted by atomic mass is 19.1. The highest BCUT2D eigenvalue weighted by molar-refractivity contribution is 5.81. The zero-order chi connectivity index (χ0) is 19.7. The van der Waals surface area contributed by atoms with Crippen LogP contribution in [0.4, 0.5) is 4.39 Å². The maximum atomic E-state index is 13.1. The van der Waals surface area contributed by atoms with E-state index in [0.29, 0.717) is 13.1 Å². The number of hydrogen-bond acceptors (Lipinski definition) is 3. The van der Waals surface area contributed by atoms with Crippen molar-refractivity contribution >= 4 is 12.0 Å². The predicted molar refractivity (Wildman–Crippen MR) is 107 cm³/mol. The minimum absolute atomic E-state index is 0.0263. The van der Waals surface area contributed by atoms with E-state index in [1.807, 2.05) is 17.9 Å². The summed E-state index contributed by atoms with van der Waals surface area (Å²) in [6.45, 7) is 3.66. The lowest BCUT2D eigenvalue weighted by Gasteiger charge is -2.59. The molecule has 1 N–H and O–H groups in total. The SMILES string of the molecule is CC=Cc1ccc([C@@H]2[C@@H](CO)N3C(=O)CN(Cc4ccc(F)cc4)C[C@H]23)cc1. The monoisotopic (exact) mass is 380 g/mol. The Morgan fingerprint density at radius 3 is 2.50 bits per heavy atom. The molecule has 2 saturated heterocycles. The summed E-state index contributed by atoms with van der Waals surface area (Å²) >= 11 is 0. The number of piperazine rings is 1. The number of hydrogen-bond donors (Lipinski definition) is 1. The van der Waals surface area contributed by atoms with Gasteiger partial charge >= 0.3 is 0 Å². The number of carbonyl (C=O) groups is 1. The fraction of sp³-hybridized carbons (Fsp3) is 0.348. The van der Waals surface area contributed by atoms with Crippen LogP contribution in [0.25, 0.3) is 6.08 Å². The lowest BCUT2D eigenvalue weighted by molar-refractivity contribution is -0.162. The standard InChI is InChI=1S/C23H25FN2O2/c1-2-3-16-4-8-18(9-5-16)23-20-13-25(12-17-6-10-19(24)11-7-17)14-22(28)26(20)21(23)15-27/h2-11,20-21,23,27H,12-15H2,1H3/t20-,21-,23+/m1/s1. The van der Waals surface area contributed by atoms with Gasteiger partial charge in [0.05, 0.1) is 25.2 Å². The first-order valence-corrected chi connectivity index (χ1v) is 9.72. The van der Waals surface area contributed by atoms with E-state index in [1.54, 1.807) is 12.1 Å². The molecule has 2 aliphatic rings. The largest absolute Gasteiger partial charge is 0.394 e. The van der Waals surface area contributed by atoms with Gasteiger partial charge in [-0.3, -0.25) is 9.69 Å². The van der Waals surface area contributed by atoms with E-state index in [9.17, 15) is 14.3 Å². The van der Waals surface area contributed by atoms with E-state index in [1.165, 1.54) is 12.1 Å². The van der Waals surface area contributed by atoms with Crippen molar-refractivity contribution in [1.82, 2.24) is 9.80 Å². The van der Waals surface area contributed by atoms with Crippen molar-refractivity contribution in [3.8, 4) is 0 Å². The first-order valence-electron chi connectivity index (χ1n) is 9.72. The van der Waals surface area contributed by atoms with E-state index >= 15 is 0 Å². The Bertz CT molecular complexity index is 863. The molecular formula is C23H25FN2O2. The molecule has 4 nitrogen and oxygen atoms in total. The van der Waals surface area contributed by atoms with Crippen LogP contribution in [0.2, 0.25) is 0 Å². The van der Waals surface area contributed by atoms with Crippen LogP contribution in [-0.4, -0.2) is 52.6 Å². The Hall–Kier alpha value is -2.50. The fourth-order valence-corrected chi connectivity index (χ4v) is 4.56. The van der Waals surface area contributed by atoms with Crippen LogP contribution in [0.3, 0.4) is 0 Å². The second-order valence-electron chi connectivity index (χ2n) is 7.61. The average Bonchev–Trinajstić information content (AvgIpc) is 2.67. The van der Waals surface area contributed by atoms with E-state index in [-0.39, 0.29) is 36.3 Å². The molecular weight excluding hydrogens is 355 g/mol. The second kappa shape index (κ2) is 7.86. The van der Waals surface area contributed by atoms with Gasteiger partial charge in [-0.25, -0.2) is 4.39 Å². The maximum absolute atomic E-state index is 13.1. The molecule has 0 spiro atoms. The zero-order valence-corrected chi connectivity index (χ0v) is 16.0. The number of halogens is 1. The van der Waals surface area contributed by atoms with Crippen molar-refractivity contribution < 1.29 is 14.3 Å². The molecule has 1 amide bonds. The molecule has 2 heterocycles. The zero-order valence-electron chi connectivity index (χ0n) is 16.0. The van der Waals surface area contributed by atoms with Gasteiger partial charge in [-0.2, -0.15) is 0 Å². The van der Waals surface area contributed by atoms with Crippen LogP contribution in [0.5, 0.6) is 0 Å². The molecule has 5 heteroatoms. The fourth-order valence-electron chi connectivity index (χ4n) is 4.56. The Labute approximate surface area is 164 Å². The summed E-state index contributed by atoms with van der Waals surface area (Å²) in [4.78, 5) is 16.7. The van der Waals surface area contributed by atoms with Crippen LogP contribution >= 0.6 is 0 Å². The normalized spacial score (nSPS) is 25.0. The van der Waals surface area contributed by atoms with E-state index in [0.717, 1.165) is 23.2 Å². The second-order valence-corrected chi connectivity index (χ2v) is 7.61. The lowest BCUT2D eigenvalue weighted by atomic mass is 9.73. The summed E-state index contributed by atoms with van der Waals surface area (Å²) in [6, 6.07) is 14.7. The molecule has 4 rings (SSSR count). The van der Waals surface area contributed by atoms with Crippen LogP contribution in [-0.2, 0) is 11.3 Å². The van der Waals surface area contributed by atoms with Gasteiger partial charge in [-0.1, -0.05) is 48.6 Å². The van der Waals surface area contributed by atoms with Gasteiger partial charge < -0.3 is 10.0 Å². The van der Waals surface area contributed by atoms with Gasteiger partial charge in [-0.15, -0.1) is 0 Å². The Balaban J connectivity index is 1.52. The molecule has 2 aromatic rings. The van der Waals surface area contributed by atoms with Crippen molar-refractivity contribution in [2.75, 3.05) is 19.7 Å². The number of aliphatic hydroxyl groups is 1. The number of rotatable bonds is 5. The number of nitrogens with zero attached hydrogens (tertiary/aromatic N) is 2. The molecule has 2 aliphatic heterocycles. The van der Waals surface area contributed by atoms with Crippen molar-refractivity contribution in [2.45, 2.75) is 31.5 Å². The van der Waals surface area contributed by atoms with Gasteiger partial charge in [0.2, 0.25) is 5.91 Å². The summed E-state index contributed by atoms with van der Waals surface area (Å²) in [6.07, 6.45) is 4.05. The summed E-state index contributed by atoms with van der Waals surface area (Å²) in [5.41, 5.74) is 3.29. The summed E-state index contributed by atoms with van der Waals surface area (Å²) in [7, 11) is 0. The molecule has 0 aromatic heterocycles. The van der Waals surface area contributed by atoms with Crippen molar-refractivity contribution in [2.24, 2.45) is 0 Å². The van der Waals surface area contributed by atoms with E-state index < -0.39 is 0 Å². The molecule has 2 aromatic carbocycles. The summed E-state index contributed by atoms with van der Waals surface area (Å²) in [5.74, 6) is -0.0697. The first-order chi connectivity index (χ1) is 13.6. The highest BCUT2D eigenvalue weighted by Crippen LogP contribution is 2.43. The van der Waals surface area contributed by atoms with Crippen LogP contribution < -0.4 is 0 Å². The van der Waals surface area contributed by atoms with Crippen LogP contribution in [0.15, 0.2) is 54.6 Å². The minimum Gasteiger partial charge on any atom is -0.394 e. The number of amides is 1. The molecule has 0 radical (unpaired) electrons. The number of carbonyl (C=O) groups excluding carboxylic acids is 1. The smallest absolute Gasteiger partial charge is 0.237 e. The van der Waals surface area contributed by atoms with Gasteiger partial charge in [-0.05, 0) is 35.7 Å². The quantitative estimate of drug-likeness (QED) is 0.867. The molecule has 0 unspecified atom stereocenters. The first kappa shape index (κ1) is 18.8. The summed E-state index contributed by atoms with van der Waals surface area (Å²) < 4.78 is 13.1. The molecule has 0 bridgehead atoms. The third-order valence-electron chi connectivity index (χ3n) is 5.82. The predicted octanol–water partition coefficient (Wildman–Crippen LogP) is 3.03. The molecule has 2 fully saturated rings. The number of benzene rings is 2. The average molecular weight is 380 g/mol. The highest BCUT2D eigenvalue weighted by Gasteiger charge is 2.53. The van der Waals surface area contributed by atoms with Crippen LogP contribution in [0.1, 0.15) is 29.5 Å². The van der Waals surface area contributed by atoms with E-state index in [4.69, 9.17) is 0 Å². The minimum atomic E-state index is -0.254. The molecule has 28 heavy (non-hydrogen) atoms. The van der Waals surface area contributed by atoms with Crippen LogP contribution in [0, 0.1) is 5.82 Å². The number of aliphatic hydroxyl groups excluding tert-OH is 1. The van der Waals surface area contributed by atoms with Gasteiger partial charge in [0.25, 0.3) is 0 Å².